The van der Waals surface area contributed by atoms with E-state index in [4.69, 9.17) is 13.8 Å². The van der Waals surface area contributed by atoms with Gasteiger partial charge in [-0.2, -0.15) is 0 Å². The Labute approximate surface area is 161 Å². The number of halogens is 2. The van der Waals surface area contributed by atoms with Crippen molar-refractivity contribution in [3.8, 4) is 0 Å². The van der Waals surface area contributed by atoms with Crippen molar-refractivity contribution in [3.05, 3.63) is 30.7 Å². The molecule has 3 aliphatic rings. The van der Waals surface area contributed by atoms with E-state index in [1.165, 1.54) is 0 Å². The predicted molar refractivity (Wildman–Crippen MR) is 97.2 cm³/mol. The first-order valence-electron chi connectivity index (χ1n) is 9.07. The lowest BCUT2D eigenvalue weighted by Crippen LogP contribution is -2.46. The van der Waals surface area contributed by atoms with E-state index >= 15 is 0 Å². The lowest BCUT2D eigenvalue weighted by molar-refractivity contribution is 0.107. The first kappa shape index (κ1) is 19.6. The van der Waals surface area contributed by atoms with E-state index in [1.54, 1.807) is 9.57 Å². The van der Waals surface area contributed by atoms with Crippen molar-refractivity contribution in [2.75, 3.05) is 55.7 Å². The zero-order chi connectivity index (χ0) is 19.9. The molecule has 1 radical (unpaired) electrons. The molecule has 8 nitrogen and oxygen atoms in total. The minimum Gasteiger partial charge on any atom is -0.444 e. The molecule has 0 bridgehead atoms. The van der Waals surface area contributed by atoms with Crippen LogP contribution in [-0.2, 0) is 18.3 Å². The topological polar surface area (TPSA) is 71.5 Å². The molecule has 3 aliphatic heterocycles. The van der Waals surface area contributed by atoms with Gasteiger partial charge in [-0.1, -0.05) is 0 Å². The minimum absolute atomic E-state index is 0.0852. The number of nitrogens with zero attached hydrogens (tertiary/aromatic N) is 3. The number of hydrogen-bond acceptors (Lipinski definition) is 6. The number of amides is 1. The van der Waals surface area contributed by atoms with Crippen LogP contribution in [0.25, 0.3) is 0 Å². The fourth-order valence-electron chi connectivity index (χ4n) is 3.53. The maximum atomic E-state index is 14.7. The Bertz CT molecular complexity index is 785. The summed E-state index contributed by atoms with van der Waals surface area (Å²) in [5.41, 5.74) is -0.0899. The molecule has 1 atom stereocenters. The summed E-state index contributed by atoms with van der Waals surface area (Å²) in [6, 6.07) is 2.22. The van der Waals surface area contributed by atoms with Crippen LogP contribution >= 0.6 is 7.75 Å². The smallest absolute Gasteiger partial charge is 0.414 e. The molecule has 3 fully saturated rings. The monoisotopic (exact) mass is 416 g/mol. The fraction of sp³-hybridized carbons (Fsp3) is 0.529. The van der Waals surface area contributed by atoms with Gasteiger partial charge in [0.05, 0.1) is 25.4 Å². The Morgan fingerprint density at radius 3 is 2.21 bits per heavy atom. The molecule has 3 heterocycles. The van der Waals surface area contributed by atoms with Gasteiger partial charge in [-0.15, -0.1) is 0 Å². The van der Waals surface area contributed by atoms with Gasteiger partial charge in [0.2, 0.25) is 0 Å². The largest absolute Gasteiger partial charge is 0.444 e. The Balaban J connectivity index is 1.48. The molecule has 0 unspecified atom stereocenters. The van der Waals surface area contributed by atoms with Gasteiger partial charge in [0, 0.05) is 38.3 Å². The van der Waals surface area contributed by atoms with E-state index in [0.717, 1.165) is 17.0 Å². The van der Waals surface area contributed by atoms with Gasteiger partial charge in [-0.3, -0.25) is 13.9 Å². The third-order valence-electron chi connectivity index (χ3n) is 4.90. The molecule has 0 spiro atoms. The van der Waals surface area contributed by atoms with Crippen LogP contribution in [0.15, 0.2) is 12.1 Å². The average Bonchev–Trinajstić information content (AvgIpc) is 3.00. The van der Waals surface area contributed by atoms with Crippen LogP contribution < -0.4 is 9.80 Å². The fourth-order valence-corrected chi connectivity index (χ4v) is 5.32. The molecular formula is C17H21F2N3O5P. The lowest BCUT2D eigenvalue weighted by atomic mass is 10.2. The first-order chi connectivity index (χ1) is 13.4. The predicted octanol–water partition coefficient (Wildman–Crippen LogP) is 2.79. The molecule has 1 aromatic rings. The van der Waals surface area contributed by atoms with E-state index in [-0.39, 0.29) is 31.0 Å². The molecule has 153 valence electrons. The number of hydrogen-bond donors (Lipinski definition) is 0. The van der Waals surface area contributed by atoms with Crippen molar-refractivity contribution >= 4 is 25.2 Å². The second-order valence-electron chi connectivity index (χ2n) is 6.80. The molecule has 28 heavy (non-hydrogen) atoms. The molecule has 1 aromatic carbocycles. The van der Waals surface area contributed by atoms with Crippen LogP contribution in [0, 0.1) is 18.6 Å². The molecule has 0 N–H and O–H groups in total. The van der Waals surface area contributed by atoms with Gasteiger partial charge in [-0.05, 0) is 13.3 Å². The van der Waals surface area contributed by atoms with Crippen molar-refractivity contribution in [2.45, 2.75) is 12.5 Å². The van der Waals surface area contributed by atoms with E-state index in [2.05, 4.69) is 6.92 Å². The third kappa shape index (κ3) is 3.61. The van der Waals surface area contributed by atoms with Crippen molar-refractivity contribution in [2.24, 2.45) is 0 Å². The van der Waals surface area contributed by atoms with E-state index < -0.39 is 31.6 Å². The van der Waals surface area contributed by atoms with Gasteiger partial charge in [0.25, 0.3) is 0 Å². The lowest BCUT2D eigenvalue weighted by Gasteiger charge is -2.39. The van der Waals surface area contributed by atoms with Crippen LogP contribution in [0.4, 0.5) is 25.0 Å². The molecule has 4 rings (SSSR count). The summed E-state index contributed by atoms with van der Waals surface area (Å²) in [7, 11) is -3.31. The maximum absolute atomic E-state index is 14.7. The van der Waals surface area contributed by atoms with Crippen molar-refractivity contribution in [1.29, 1.82) is 0 Å². The van der Waals surface area contributed by atoms with Gasteiger partial charge < -0.3 is 9.64 Å². The summed E-state index contributed by atoms with van der Waals surface area (Å²) < 4.78 is 59.2. The highest BCUT2D eigenvalue weighted by Crippen LogP contribution is 2.54. The van der Waals surface area contributed by atoms with E-state index in [1.807, 2.05) is 0 Å². The normalized spacial score (nSPS) is 25.8. The Hall–Kier alpha value is -1.74. The standard InChI is InChI=1S/C17H21F2N3O5P/c1-12-11-22(17(23)27-12)13-9-14(18)16(15(19)10-13)20-3-5-21(6-4-20)28(24)25-7-2-8-26-28/h9-10,12H,1-8,11H2/t12-/m0/s1. The van der Waals surface area contributed by atoms with E-state index in [9.17, 15) is 18.1 Å². The van der Waals surface area contributed by atoms with E-state index in [0.29, 0.717) is 32.7 Å². The molecular weight excluding hydrogens is 395 g/mol. The highest BCUT2D eigenvalue weighted by atomic mass is 31.2. The maximum Gasteiger partial charge on any atom is 0.414 e. The number of carbonyl (C=O) groups excluding carboxylic acids is 1. The molecule has 0 aromatic heterocycles. The molecule has 1 amide bonds. The van der Waals surface area contributed by atoms with Crippen LogP contribution in [0.3, 0.4) is 0 Å². The van der Waals surface area contributed by atoms with Gasteiger partial charge in [0.15, 0.2) is 11.6 Å². The number of anilines is 2. The van der Waals surface area contributed by atoms with Crippen LogP contribution in [-0.4, -0.2) is 62.8 Å². The van der Waals surface area contributed by atoms with Crippen LogP contribution in [0.2, 0.25) is 0 Å². The summed E-state index contributed by atoms with van der Waals surface area (Å²) in [4.78, 5) is 14.5. The second-order valence-corrected chi connectivity index (χ2v) is 8.82. The molecule has 11 heteroatoms. The quantitative estimate of drug-likeness (QED) is 0.702. The Kier molecular flexibility index (Phi) is 5.30. The molecule has 3 saturated heterocycles. The summed E-state index contributed by atoms with van der Waals surface area (Å²) in [5, 5.41) is 0. The van der Waals surface area contributed by atoms with Crippen molar-refractivity contribution in [1.82, 2.24) is 4.67 Å². The summed E-state index contributed by atoms with van der Waals surface area (Å²) in [6.45, 7) is 5.60. The Morgan fingerprint density at radius 2 is 1.68 bits per heavy atom. The van der Waals surface area contributed by atoms with Crippen LogP contribution in [0.5, 0.6) is 0 Å². The summed E-state index contributed by atoms with van der Waals surface area (Å²) in [6.07, 6.45) is -0.581. The average molecular weight is 416 g/mol. The highest BCUT2D eigenvalue weighted by molar-refractivity contribution is 7.51. The number of carbonyl (C=O) groups is 1. The van der Waals surface area contributed by atoms with Gasteiger partial charge >= 0.3 is 13.8 Å². The number of benzene rings is 1. The second kappa shape index (κ2) is 7.59. The highest BCUT2D eigenvalue weighted by Gasteiger charge is 2.39. The number of ether oxygens (including phenoxy) is 1. The molecule has 0 saturated carbocycles. The zero-order valence-electron chi connectivity index (χ0n) is 15.2. The van der Waals surface area contributed by atoms with Crippen molar-refractivity contribution < 1.29 is 31.9 Å². The first-order valence-corrected chi connectivity index (χ1v) is 10.6. The van der Waals surface area contributed by atoms with Gasteiger partial charge in [0.1, 0.15) is 11.8 Å². The minimum atomic E-state index is -3.31. The third-order valence-corrected chi connectivity index (χ3v) is 7.01. The summed E-state index contributed by atoms with van der Waals surface area (Å²) in [5.74, 6) is -1.55. The Morgan fingerprint density at radius 1 is 1.07 bits per heavy atom. The number of piperazine rings is 1. The zero-order valence-corrected chi connectivity index (χ0v) is 16.1. The molecule has 0 aliphatic carbocycles. The van der Waals surface area contributed by atoms with Crippen molar-refractivity contribution in [3.63, 3.8) is 0 Å². The van der Waals surface area contributed by atoms with Gasteiger partial charge in [-0.25, -0.2) is 22.8 Å². The number of cyclic esters (lactones) is 1. The van der Waals surface area contributed by atoms with Crippen LogP contribution in [0.1, 0.15) is 6.42 Å². The number of rotatable bonds is 3. The summed E-state index contributed by atoms with van der Waals surface area (Å²) >= 11 is 0. The SMILES string of the molecule is [CH2][C@H]1CN(c2cc(F)c(N3CCN(P4(=O)OCCCO4)CC3)c(F)c2)C(=O)O1.